The molecule has 0 aliphatic heterocycles. The van der Waals surface area contributed by atoms with Gasteiger partial charge in [0.1, 0.15) is 5.82 Å². The van der Waals surface area contributed by atoms with Gasteiger partial charge < -0.3 is 0 Å². The SMILES string of the molecule is Cc1ccc2nc(CCCl)n(-c3cc(Br)ccc3Cl)c2c1. The van der Waals surface area contributed by atoms with Crippen LogP contribution in [0.4, 0.5) is 0 Å². The van der Waals surface area contributed by atoms with Crippen molar-refractivity contribution in [2.45, 2.75) is 13.3 Å². The summed E-state index contributed by atoms with van der Waals surface area (Å²) in [5, 5.41) is 0.690. The lowest BCUT2D eigenvalue weighted by Gasteiger charge is -2.11. The minimum absolute atomic E-state index is 0.522. The standard InChI is InChI=1S/C16H13BrCl2N2/c1-10-2-5-13-15(8-10)21(16(20-13)6-7-18)14-9-11(17)3-4-12(14)19/h2-5,8-9H,6-7H2,1H3. The zero-order valence-electron chi connectivity index (χ0n) is 11.4. The first kappa shape index (κ1) is 14.9. The number of hydrogen-bond acceptors (Lipinski definition) is 1. The summed E-state index contributed by atoms with van der Waals surface area (Å²) in [4.78, 5) is 4.70. The summed E-state index contributed by atoms with van der Waals surface area (Å²) in [6.07, 6.45) is 0.693. The summed E-state index contributed by atoms with van der Waals surface area (Å²) < 4.78 is 3.07. The Morgan fingerprint density at radius 1 is 1.19 bits per heavy atom. The molecule has 0 atom stereocenters. The van der Waals surface area contributed by atoms with Gasteiger partial charge in [0.05, 0.1) is 21.7 Å². The van der Waals surface area contributed by atoms with Crippen molar-refractivity contribution in [3.63, 3.8) is 0 Å². The average molecular weight is 384 g/mol. The Bertz CT molecular complexity index is 811. The first-order chi connectivity index (χ1) is 10.1. The molecule has 0 N–H and O–H groups in total. The van der Waals surface area contributed by atoms with Gasteiger partial charge in [-0.3, -0.25) is 4.57 Å². The Labute approximate surface area is 141 Å². The summed E-state index contributed by atoms with van der Waals surface area (Å²) in [6.45, 7) is 2.07. The van der Waals surface area contributed by atoms with E-state index in [1.165, 1.54) is 5.56 Å². The van der Waals surface area contributed by atoms with Crippen molar-refractivity contribution in [1.82, 2.24) is 9.55 Å². The van der Waals surface area contributed by atoms with E-state index in [-0.39, 0.29) is 0 Å². The number of nitrogens with zero attached hydrogens (tertiary/aromatic N) is 2. The van der Waals surface area contributed by atoms with E-state index >= 15 is 0 Å². The van der Waals surface area contributed by atoms with Crippen molar-refractivity contribution in [1.29, 1.82) is 0 Å². The molecule has 2 aromatic carbocycles. The summed E-state index contributed by atoms with van der Waals surface area (Å²) in [5.74, 6) is 1.44. The molecule has 3 rings (SSSR count). The molecule has 1 aromatic heterocycles. The highest BCUT2D eigenvalue weighted by molar-refractivity contribution is 9.10. The van der Waals surface area contributed by atoms with Crippen LogP contribution < -0.4 is 0 Å². The zero-order chi connectivity index (χ0) is 15.0. The second-order valence-corrected chi connectivity index (χ2v) is 6.59. The Morgan fingerprint density at radius 3 is 2.76 bits per heavy atom. The number of rotatable bonds is 3. The molecule has 0 aliphatic carbocycles. The number of halogens is 3. The van der Waals surface area contributed by atoms with Gasteiger partial charge in [-0.2, -0.15) is 0 Å². The predicted molar refractivity (Wildman–Crippen MR) is 92.9 cm³/mol. The molecular formula is C16H13BrCl2N2. The van der Waals surface area contributed by atoms with Crippen LogP contribution in [0.25, 0.3) is 16.7 Å². The molecule has 0 saturated heterocycles. The first-order valence-corrected chi connectivity index (χ1v) is 8.30. The van der Waals surface area contributed by atoms with Crippen molar-refractivity contribution in [3.8, 4) is 5.69 Å². The number of hydrogen-bond donors (Lipinski definition) is 0. The molecule has 2 nitrogen and oxygen atoms in total. The highest BCUT2D eigenvalue weighted by atomic mass is 79.9. The molecule has 0 bridgehead atoms. The van der Waals surface area contributed by atoms with Gasteiger partial charge in [-0.1, -0.05) is 33.6 Å². The number of imidazole rings is 1. The summed E-state index contributed by atoms with van der Waals surface area (Å²) >= 11 is 15.8. The third kappa shape index (κ3) is 2.83. The van der Waals surface area contributed by atoms with Crippen LogP contribution in [0.15, 0.2) is 40.9 Å². The minimum Gasteiger partial charge on any atom is -0.295 e. The molecule has 0 fully saturated rings. The van der Waals surface area contributed by atoms with Gasteiger partial charge in [-0.05, 0) is 42.8 Å². The van der Waals surface area contributed by atoms with E-state index in [0.29, 0.717) is 17.3 Å². The van der Waals surface area contributed by atoms with Crippen molar-refractivity contribution >= 4 is 50.2 Å². The van der Waals surface area contributed by atoms with Crippen LogP contribution in [-0.2, 0) is 6.42 Å². The maximum Gasteiger partial charge on any atom is 0.115 e. The summed E-state index contributed by atoms with van der Waals surface area (Å²) in [6, 6.07) is 12.0. The third-order valence-electron chi connectivity index (χ3n) is 3.35. The molecule has 3 aromatic rings. The van der Waals surface area contributed by atoms with Crippen LogP contribution in [0, 0.1) is 6.92 Å². The lowest BCUT2D eigenvalue weighted by atomic mass is 10.2. The minimum atomic E-state index is 0.522. The normalized spacial score (nSPS) is 11.2. The monoisotopic (exact) mass is 382 g/mol. The maximum atomic E-state index is 6.40. The van der Waals surface area contributed by atoms with E-state index in [0.717, 1.165) is 27.0 Å². The summed E-state index contributed by atoms with van der Waals surface area (Å²) in [5.41, 5.74) is 4.11. The van der Waals surface area contributed by atoms with E-state index < -0.39 is 0 Å². The van der Waals surface area contributed by atoms with E-state index in [4.69, 9.17) is 28.2 Å². The largest absolute Gasteiger partial charge is 0.295 e. The quantitative estimate of drug-likeness (QED) is 0.543. The Kier molecular flexibility index (Phi) is 4.25. The molecule has 1 heterocycles. The Balaban J connectivity index is 2.35. The molecule has 0 radical (unpaired) electrons. The number of alkyl halides is 1. The van der Waals surface area contributed by atoms with Gasteiger partial charge in [0.25, 0.3) is 0 Å². The molecule has 108 valence electrons. The molecular weight excluding hydrogens is 371 g/mol. The van der Waals surface area contributed by atoms with Gasteiger partial charge in [0, 0.05) is 16.8 Å². The highest BCUT2D eigenvalue weighted by Crippen LogP contribution is 2.30. The lowest BCUT2D eigenvalue weighted by molar-refractivity contribution is 0.912. The fourth-order valence-corrected chi connectivity index (χ4v) is 3.13. The van der Waals surface area contributed by atoms with Crippen LogP contribution in [-0.4, -0.2) is 15.4 Å². The lowest BCUT2D eigenvalue weighted by Crippen LogP contribution is -2.03. The van der Waals surface area contributed by atoms with Crippen molar-refractivity contribution < 1.29 is 0 Å². The van der Waals surface area contributed by atoms with E-state index in [1.807, 2.05) is 24.3 Å². The van der Waals surface area contributed by atoms with Gasteiger partial charge in [-0.15, -0.1) is 11.6 Å². The Hall–Kier alpha value is -1.03. The number of aromatic nitrogens is 2. The van der Waals surface area contributed by atoms with Crippen molar-refractivity contribution in [2.24, 2.45) is 0 Å². The van der Waals surface area contributed by atoms with Gasteiger partial charge in [0.2, 0.25) is 0 Å². The van der Waals surface area contributed by atoms with Crippen molar-refractivity contribution in [3.05, 3.63) is 57.3 Å². The number of aryl methyl sites for hydroxylation is 2. The molecule has 21 heavy (non-hydrogen) atoms. The maximum absolute atomic E-state index is 6.40. The van der Waals surface area contributed by atoms with Gasteiger partial charge >= 0.3 is 0 Å². The predicted octanol–water partition coefficient (Wildman–Crippen LogP) is 5.53. The fourth-order valence-electron chi connectivity index (χ4n) is 2.41. The van der Waals surface area contributed by atoms with Crippen LogP contribution in [0.1, 0.15) is 11.4 Å². The van der Waals surface area contributed by atoms with Crippen LogP contribution >= 0.6 is 39.1 Å². The van der Waals surface area contributed by atoms with Crippen LogP contribution in [0.3, 0.4) is 0 Å². The molecule has 5 heteroatoms. The molecule has 0 unspecified atom stereocenters. The molecule has 0 amide bonds. The zero-order valence-corrected chi connectivity index (χ0v) is 14.5. The van der Waals surface area contributed by atoms with E-state index in [2.05, 4.69) is 39.6 Å². The molecule has 0 saturated carbocycles. The molecule has 0 spiro atoms. The second-order valence-electron chi connectivity index (χ2n) is 4.89. The third-order valence-corrected chi connectivity index (χ3v) is 4.35. The first-order valence-electron chi connectivity index (χ1n) is 6.59. The van der Waals surface area contributed by atoms with Crippen LogP contribution in [0.2, 0.25) is 5.02 Å². The van der Waals surface area contributed by atoms with Gasteiger partial charge in [-0.25, -0.2) is 4.98 Å². The molecule has 0 aliphatic rings. The highest BCUT2D eigenvalue weighted by Gasteiger charge is 2.14. The number of fused-ring (bicyclic) bond motifs is 1. The van der Waals surface area contributed by atoms with E-state index in [1.54, 1.807) is 0 Å². The average Bonchev–Trinajstić information content (AvgIpc) is 2.79. The number of benzene rings is 2. The van der Waals surface area contributed by atoms with Crippen LogP contribution in [0.5, 0.6) is 0 Å². The van der Waals surface area contributed by atoms with Crippen molar-refractivity contribution in [2.75, 3.05) is 5.88 Å². The summed E-state index contributed by atoms with van der Waals surface area (Å²) in [7, 11) is 0. The fraction of sp³-hybridized carbons (Fsp3) is 0.188. The Morgan fingerprint density at radius 2 is 2.00 bits per heavy atom. The topological polar surface area (TPSA) is 17.8 Å². The van der Waals surface area contributed by atoms with E-state index in [9.17, 15) is 0 Å². The smallest absolute Gasteiger partial charge is 0.115 e. The van der Waals surface area contributed by atoms with Gasteiger partial charge in [0.15, 0.2) is 0 Å². The second kappa shape index (κ2) is 5.99.